The maximum Gasteiger partial charge on any atom is 0.330 e. The van der Waals surface area contributed by atoms with Crippen LogP contribution >= 0.6 is 0 Å². The molecule has 2 fully saturated rings. The highest BCUT2D eigenvalue weighted by atomic mass is 16.5. The Hall–Kier alpha value is -1.09. The van der Waals surface area contributed by atoms with E-state index in [1.165, 1.54) is 18.9 Å². The lowest BCUT2D eigenvalue weighted by molar-refractivity contribution is -0.149. The quantitative estimate of drug-likeness (QED) is 0.439. The number of ether oxygens (including phenoxy) is 1. The molecule has 2 aliphatic carbocycles. The molecule has 0 aromatic heterocycles. The van der Waals surface area contributed by atoms with Gasteiger partial charge in [-0.25, -0.2) is 4.79 Å². The Kier molecular flexibility index (Phi) is 5.88. The predicted octanol–water partition coefficient (Wildman–Crippen LogP) is 5.05. The van der Waals surface area contributed by atoms with Crippen LogP contribution in [0.4, 0.5) is 0 Å². The van der Waals surface area contributed by atoms with Gasteiger partial charge in [-0.15, -0.1) is 0 Å². The van der Waals surface area contributed by atoms with Gasteiger partial charge in [0.2, 0.25) is 0 Å². The summed E-state index contributed by atoms with van der Waals surface area (Å²) in [6.45, 7) is 13.2. The first-order valence-electron chi connectivity index (χ1n) is 9.78. The van der Waals surface area contributed by atoms with Crippen LogP contribution in [0.5, 0.6) is 0 Å². The number of hydrogen-bond acceptors (Lipinski definition) is 3. The molecule has 0 saturated heterocycles. The van der Waals surface area contributed by atoms with Crippen LogP contribution < -0.4 is 0 Å². The topological polar surface area (TPSA) is 46.5 Å². The fourth-order valence-electron chi connectivity index (χ4n) is 5.65. The van der Waals surface area contributed by atoms with Crippen LogP contribution in [0.2, 0.25) is 0 Å². The molecule has 3 heteroatoms. The van der Waals surface area contributed by atoms with Gasteiger partial charge in [-0.2, -0.15) is 0 Å². The molecule has 0 spiro atoms. The van der Waals surface area contributed by atoms with E-state index in [-0.39, 0.29) is 17.3 Å². The fourth-order valence-corrected chi connectivity index (χ4v) is 5.65. The molecule has 0 unspecified atom stereocenters. The van der Waals surface area contributed by atoms with Gasteiger partial charge < -0.3 is 9.84 Å². The smallest absolute Gasteiger partial charge is 0.330 e. The summed E-state index contributed by atoms with van der Waals surface area (Å²) in [6, 6.07) is 0. The summed E-state index contributed by atoms with van der Waals surface area (Å²) < 4.78 is 4.98. The van der Waals surface area contributed by atoms with Crippen molar-refractivity contribution in [3.05, 3.63) is 23.8 Å². The summed E-state index contributed by atoms with van der Waals surface area (Å²) >= 11 is 0. The van der Waals surface area contributed by atoms with Gasteiger partial charge in [-0.1, -0.05) is 39.3 Å². The second kappa shape index (κ2) is 7.26. The largest absolute Gasteiger partial charge is 0.463 e. The van der Waals surface area contributed by atoms with Crippen LogP contribution in [-0.2, 0) is 9.53 Å². The summed E-state index contributed by atoms with van der Waals surface area (Å²) in [6.07, 6.45) is 11.3. The van der Waals surface area contributed by atoms with Crippen molar-refractivity contribution in [2.45, 2.75) is 79.2 Å². The molecule has 3 nitrogen and oxygen atoms in total. The van der Waals surface area contributed by atoms with Crippen LogP contribution in [0.1, 0.15) is 73.6 Å². The van der Waals surface area contributed by atoms with E-state index in [0.717, 1.165) is 24.8 Å². The van der Waals surface area contributed by atoms with Gasteiger partial charge in [0.05, 0.1) is 12.2 Å². The average Bonchev–Trinajstić information content (AvgIpc) is 2.44. The van der Waals surface area contributed by atoms with Crippen LogP contribution in [-0.4, -0.2) is 23.3 Å². The number of aliphatic hydroxyl groups is 1. The Morgan fingerprint density at radius 2 is 1.88 bits per heavy atom. The van der Waals surface area contributed by atoms with E-state index >= 15 is 0 Å². The van der Waals surface area contributed by atoms with Gasteiger partial charge in [0.1, 0.15) is 0 Å². The Labute approximate surface area is 153 Å². The number of esters is 1. The summed E-state index contributed by atoms with van der Waals surface area (Å²) in [4.78, 5) is 11.6. The molecule has 0 aliphatic heterocycles. The van der Waals surface area contributed by atoms with Gasteiger partial charge in [0.25, 0.3) is 0 Å². The highest BCUT2D eigenvalue weighted by Crippen LogP contribution is 2.62. The molecular formula is C22H36O3. The molecule has 4 atom stereocenters. The molecule has 0 aromatic carbocycles. The van der Waals surface area contributed by atoms with Crippen molar-refractivity contribution in [1.29, 1.82) is 0 Å². The number of rotatable bonds is 4. The second-order valence-corrected chi connectivity index (χ2v) is 9.27. The lowest BCUT2D eigenvalue weighted by Gasteiger charge is -2.60. The fraction of sp³-hybridized carbons (Fsp3) is 0.773. The van der Waals surface area contributed by atoms with Crippen LogP contribution in [0.15, 0.2) is 23.8 Å². The van der Waals surface area contributed by atoms with E-state index in [9.17, 15) is 9.90 Å². The monoisotopic (exact) mass is 348 g/mol. The van der Waals surface area contributed by atoms with Crippen molar-refractivity contribution in [2.75, 3.05) is 6.61 Å². The molecule has 2 aliphatic rings. The van der Waals surface area contributed by atoms with Crippen LogP contribution in [0, 0.1) is 22.7 Å². The van der Waals surface area contributed by atoms with E-state index in [1.807, 2.05) is 26.8 Å². The Morgan fingerprint density at radius 1 is 1.20 bits per heavy atom. The van der Waals surface area contributed by atoms with Crippen molar-refractivity contribution >= 4 is 5.97 Å². The van der Waals surface area contributed by atoms with Gasteiger partial charge in [-0.05, 0) is 68.8 Å². The van der Waals surface area contributed by atoms with Gasteiger partial charge in [0.15, 0.2) is 0 Å². The van der Waals surface area contributed by atoms with Crippen molar-refractivity contribution < 1.29 is 14.6 Å². The summed E-state index contributed by atoms with van der Waals surface area (Å²) in [5.41, 5.74) is 0.602. The number of allylic oxidation sites excluding steroid dienone is 2. The normalized spacial score (nSPS) is 38.4. The minimum absolute atomic E-state index is 0.101. The van der Waals surface area contributed by atoms with Crippen molar-refractivity contribution in [3.8, 4) is 0 Å². The van der Waals surface area contributed by atoms with E-state index < -0.39 is 5.60 Å². The first kappa shape index (κ1) is 20.2. The molecule has 25 heavy (non-hydrogen) atoms. The van der Waals surface area contributed by atoms with Crippen LogP contribution in [0.25, 0.3) is 0 Å². The van der Waals surface area contributed by atoms with E-state index in [0.29, 0.717) is 17.9 Å². The summed E-state index contributed by atoms with van der Waals surface area (Å²) in [7, 11) is 0. The minimum atomic E-state index is -0.695. The average molecular weight is 349 g/mol. The number of fused-ring (bicyclic) bond motifs is 1. The highest BCUT2D eigenvalue weighted by Gasteiger charge is 2.57. The van der Waals surface area contributed by atoms with Gasteiger partial charge in [-0.3, -0.25) is 0 Å². The Bertz CT molecular complexity index is 556. The molecule has 2 rings (SSSR count). The lowest BCUT2D eigenvalue weighted by atomic mass is 9.45. The molecule has 2 saturated carbocycles. The Morgan fingerprint density at radius 3 is 2.52 bits per heavy atom. The maximum atomic E-state index is 11.6. The third-order valence-corrected chi connectivity index (χ3v) is 6.78. The molecule has 0 amide bonds. The van der Waals surface area contributed by atoms with E-state index in [4.69, 9.17) is 4.74 Å². The number of carbonyl (C=O) groups is 1. The zero-order valence-electron chi connectivity index (χ0n) is 16.9. The third kappa shape index (κ3) is 4.19. The van der Waals surface area contributed by atoms with Gasteiger partial charge in [0, 0.05) is 12.0 Å². The number of carbonyl (C=O) groups excluding carboxylic acids is 1. The standard InChI is InChI=1S/C22H36O3/c1-7-25-19(23)15-16(2)9-10-18-21(5)13-8-12-20(3,4)17(21)11-14-22(18,6)24/h9-10,15,17-18,24H,7-8,11-14H2,1-6H3/b10-9+,16-15+/t17-,18+,21-,22-/m0/s1. The van der Waals surface area contributed by atoms with Crippen LogP contribution in [0.3, 0.4) is 0 Å². The van der Waals surface area contributed by atoms with E-state index in [1.54, 1.807) is 0 Å². The lowest BCUT2D eigenvalue weighted by Crippen LogP contribution is -2.56. The zero-order chi connectivity index (χ0) is 18.9. The Balaban J connectivity index is 2.29. The molecule has 142 valence electrons. The first-order chi connectivity index (χ1) is 11.5. The molecule has 0 bridgehead atoms. The zero-order valence-corrected chi connectivity index (χ0v) is 16.9. The molecular weight excluding hydrogens is 312 g/mol. The highest BCUT2D eigenvalue weighted by molar-refractivity contribution is 5.83. The third-order valence-electron chi connectivity index (χ3n) is 6.78. The minimum Gasteiger partial charge on any atom is -0.463 e. The SMILES string of the molecule is CCOC(=O)/C=C(C)/C=C/[C@@H]1[C@@]2(C)CCCC(C)(C)[C@@H]2CC[C@]1(C)O. The van der Waals surface area contributed by atoms with Crippen molar-refractivity contribution in [2.24, 2.45) is 22.7 Å². The summed E-state index contributed by atoms with van der Waals surface area (Å²) in [5, 5.41) is 11.1. The molecule has 1 N–H and O–H groups in total. The first-order valence-corrected chi connectivity index (χ1v) is 9.78. The van der Waals surface area contributed by atoms with Crippen molar-refractivity contribution in [1.82, 2.24) is 0 Å². The maximum absolute atomic E-state index is 11.6. The summed E-state index contributed by atoms with van der Waals surface area (Å²) in [5.74, 6) is 0.421. The van der Waals surface area contributed by atoms with Gasteiger partial charge >= 0.3 is 5.97 Å². The predicted molar refractivity (Wildman–Crippen MR) is 102 cm³/mol. The van der Waals surface area contributed by atoms with E-state index in [2.05, 4.69) is 26.8 Å². The van der Waals surface area contributed by atoms with Crippen molar-refractivity contribution in [3.63, 3.8) is 0 Å². The second-order valence-electron chi connectivity index (χ2n) is 9.27. The molecule has 0 heterocycles. The molecule has 0 radical (unpaired) electrons. The molecule has 0 aromatic rings. The number of hydrogen-bond donors (Lipinski definition) is 1.